The van der Waals surface area contributed by atoms with E-state index in [2.05, 4.69) is 27.7 Å². The molecular weight excluding hydrogens is 312 g/mol. The standard InChI is InChI=1S/C26H54/c1-5-9-11-12-13-14-15-16-17-18-19-20-22-24-26(8-4)25(7-3)23-21-10-6-2/h25-26H,5-24H2,1-4H3. The van der Waals surface area contributed by atoms with Gasteiger partial charge in [-0.3, -0.25) is 0 Å². The highest BCUT2D eigenvalue weighted by Crippen LogP contribution is 2.29. The highest BCUT2D eigenvalue weighted by atomic mass is 14.2. The van der Waals surface area contributed by atoms with Gasteiger partial charge in [0, 0.05) is 0 Å². The average Bonchev–Trinajstić information content (AvgIpc) is 2.66. The maximum absolute atomic E-state index is 2.43. The Hall–Kier alpha value is 0. The van der Waals surface area contributed by atoms with Crippen molar-refractivity contribution in [1.29, 1.82) is 0 Å². The zero-order valence-corrected chi connectivity index (χ0v) is 19.3. The van der Waals surface area contributed by atoms with Gasteiger partial charge in [-0.25, -0.2) is 0 Å². The summed E-state index contributed by atoms with van der Waals surface area (Å²) in [7, 11) is 0. The van der Waals surface area contributed by atoms with Gasteiger partial charge in [-0.15, -0.1) is 0 Å². The molecule has 0 aromatic heterocycles. The lowest BCUT2D eigenvalue weighted by atomic mass is 9.81. The predicted octanol–water partition coefficient (Wildman–Crippen LogP) is 10.1. The van der Waals surface area contributed by atoms with Gasteiger partial charge in [0.05, 0.1) is 0 Å². The van der Waals surface area contributed by atoms with Gasteiger partial charge in [-0.1, -0.05) is 156 Å². The van der Waals surface area contributed by atoms with Crippen molar-refractivity contribution in [3.05, 3.63) is 0 Å². The highest BCUT2D eigenvalue weighted by molar-refractivity contribution is 4.69. The van der Waals surface area contributed by atoms with Crippen molar-refractivity contribution in [2.24, 2.45) is 11.8 Å². The highest BCUT2D eigenvalue weighted by Gasteiger charge is 2.17. The van der Waals surface area contributed by atoms with Crippen molar-refractivity contribution in [3.63, 3.8) is 0 Å². The van der Waals surface area contributed by atoms with E-state index in [1.807, 2.05) is 0 Å². The Kier molecular flexibility index (Phi) is 21.3. The molecule has 0 nitrogen and oxygen atoms in total. The molecule has 0 heteroatoms. The van der Waals surface area contributed by atoms with Crippen LogP contribution in [0.25, 0.3) is 0 Å². The lowest BCUT2D eigenvalue weighted by Gasteiger charge is -2.25. The van der Waals surface area contributed by atoms with Crippen LogP contribution >= 0.6 is 0 Å². The van der Waals surface area contributed by atoms with Crippen LogP contribution in [0.3, 0.4) is 0 Å². The van der Waals surface area contributed by atoms with Crippen LogP contribution in [0, 0.1) is 11.8 Å². The Balaban J connectivity index is 3.48. The monoisotopic (exact) mass is 366 g/mol. The Morgan fingerprint density at radius 2 is 0.615 bits per heavy atom. The molecule has 0 N–H and O–H groups in total. The van der Waals surface area contributed by atoms with Crippen molar-refractivity contribution in [3.8, 4) is 0 Å². The maximum atomic E-state index is 2.43. The Bertz CT molecular complexity index is 244. The third-order valence-corrected chi connectivity index (χ3v) is 6.57. The summed E-state index contributed by atoms with van der Waals surface area (Å²) in [5.74, 6) is 2.01. The van der Waals surface area contributed by atoms with Gasteiger partial charge < -0.3 is 0 Å². The predicted molar refractivity (Wildman–Crippen MR) is 122 cm³/mol. The van der Waals surface area contributed by atoms with Gasteiger partial charge >= 0.3 is 0 Å². The Morgan fingerprint density at radius 3 is 0.962 bits per heavy atom. The molecule has 158 valence electrons. The molecule has 0 aromatic carbocycles. The van der Waals surface area contributed by atoms with Crippen LogP contribution in [-0.2, 0) is 0 Å². The zero-order valence-electron chi connectivity index (χ0n) is 19.3. The van der Waals surface area contributed by atoms with Crippen LogP contribution in [0.15, 0.2) is 0 Å². The van der Waals surface area contributed by atoms with Gasteiger partial charge in [-0.2, -0.15) is 0 Å². The van der Waals surface area contributed by atoms with E-state index < -0.39 is 0 Å². The number of hydrogen-bond donors (Lipinski definition) is 0. The molecule has 0 aliphatic heterocycles. The minimum absolute atomic E-state index is 1.00. The largest absolute Gasteiger partial charge is 0.0654 e. The smallest absolute Gasteiger partial charge is 0.0389 e. The van der Waals surface area contributed by atoms with Crippen molar-refractivity contribution in [2.45, 2.75) is 156 Å². The van der Waals surface area contributed by atoms with Crippen LogP contribution in [0.4, 0.5) is 0 Å². The minimum Gasteiger partial charge on any atom is -0.0654 e. The first-order valence-electron chi connectivity index (χ1n) is 12.8. The molecule has 0 saturated heterocycles. The lowest BCUT2D eigenvalue weighted by molar-refractivity contribution is 0.263. The van der Waals surface area contributed by atoms with E-state index in [0.717, 1.165) is 11.8 Å². The van der Waals surface area contributed by atoms with E-state index >= 15 is 0 Å². The average molecular weight is 367 g/mol. The second kappa shape index (κ2) is 21.3. The van der Waals surface area contributed by atoms with E-state index in [0.29, 0.717) is 0 Å². The zero-order chi connectivity index (χ0) is 19.3. The Morgan fingerprint density at radius 1 is 0.346 bits per heavy atom. The van der Waals surface area contributed by atoms with Gasteiger partial charge in [0.1, 0.15) is 0 Å². The molecule has 0 amide bonds. The summed E-state index contributed by atoms with van der Waals surface area (Å²) in [5.41, 5.74) is 0. The summed E-state index contributed by atoms with van der Waals surface area (Å²) in [6.45, 7) is 9.47. The van der Waals surface area contributed by atoms with Crippen LogP contribution in [0.5, 0.6) is 0 Å². The summed E-state index contributed by atoms with van der Waals surface area (Å²) >= 11 is 0. The van der Waals surface area contributed by atoms with E-state index in [1.165, 1.54) is 128 Å². The summed E-state index contributed by atoms with van der Waals surface area (Å²) in [4.78, 5) is 0. The van der Waals surface area contributed by atoms with Crippen molar-refractivity contribution >= 4 is 0 Å². The number of rotatable bonds is 21. The van der Waals surface area contributed by atoms with Crippen molar-refractivity contribution in [1.82, 2.24) is 0 Å². The molecule has 0 rings (SSSR count). The molecule has 0 bridgehead atoms. The second-order valence-corrected chi connectivity index (χ2v) is 8.86. The molecule has 2 atom stereocenters. The van der Waals surface area contributed by atoms with Gasteiger partial charge in [0.2, 0.25) is 0 Å². The fourth-order valence-corrected chi connectivity index (χ4v) is 4.63. The summed E-state index contributed by atoms with van der Waals surface area (Å²) in [6, 6.07) is 0. The SMILES string of the molecule is CCCCCCCCCCCCCCCC(CC)C(CC)CCCCC. The molecule has 0 saturated carbocycles. The molecular formula is C26H54. The fraction of sp³-hybridized carbons (Fsp3) is 1.00. The molecule has 26 heavy (non-hydrogen) atoms. The summed E-state index contributed by atoms with van der Waals surface area (Å²) in [6.07, 6.45) is 29.2. The number of hydrogen-bond acceptors (Lipinski definition) is 0. The van der Waals surface area contributed by atoms with E-state index in [1.54, 1.807) is 0 Å². The van der Waals surface area contributed by atoms with E-state index in [-0.39, 0.29) is 0 Å². The topological polar surface area (TPSA) is 0 Å². The van der Waals surface area contributed by atoms with Crippen LogP contribution in [0.2, 0.25) is 0 Å². The lowest BCUT2D eigenvalue weighted by Crippen LogP contribution is -2.13. The molecule has 2 unspecified atom stereocenters. The van der Waals surface area contributed by atoms with Crippen LogP contribution in [-0.4, -0.2) is 0 Å². The molecule has 0 fully saturated rings. The van der Waals surface area contributed by atoms with Crippen LogP contribution in [0.1, 0.15) is 156 Å². The van der Waals surface area contributed by atoms with Gasteiger partial charge in [-0.05, 0) is 11.8 Å². The molecule has 0 aliphatic rings. The fourth-order valence-electron chi connectivity index (χ4n) is 4.63. The quantitative estimate of drug-likeness (QED) is 0.177. The normalized spacial score (nSPS) is 13.8. The number of unbranched alkanes of at least 4 members (excludes halogenated alkanes) is 14. The third-order valence-electron chi connectivity index (χ3n) is 6.57. The van der Waals surface area contributed by atoms with Gasteiger partial charge in [0.15, 0.2) is 0 Å². The third kappa shape index (κ3) is 16.2. The van der Waals surface area contributed by atoms with Crippen molar-refractivity contribution < 1.29 is 0 Å². The van der Waals surface area contributed by atoms with E-state index in [4.69, 9.17) is 0 Å². The first-order chi connectivity index (χ1) is 12.8. The first-order valence-corrected chi connectivity index (χ1v) is 12.8. The summed E-state index contributed by atoms with van der Waals surface area (Å²) in [5, 5.41) is 0. The first kappa shape index (κ1) is 26.0. The van der Waals surface area contributed by atoms with Crippen LogP contribution < -0.4 is 0 Å². The van der Waals surface area contributed by atoms with Gasteiger partial charge in [0.25, 0.3) is 0 Å². The molecule has 0 aliphatic carbocycles. The minimum atomic E-state index is 1.00. The van der Waals surface area contributed by atoms with Crippen molar-refractivity contribution in [2.75, 3.05) is 0 Å². The molecule has 0 aromatic rings. The second-order valence-electron chi connectivity index (χ2n) is 8.86. The summed E-state index contributed by atoms with van der Waals surface area (Å²) < 4.78 is 0. The molecule has 0 heterocycles. The molecule has 0 radical (unpaired) electrons. The maximum Gasteiger partial charge on any atom is -0.0389 e. The Labute approximate surface area is 168 Å². The van der Waals surface area contributed by atoms with E-state index in [9.17, 15) is 0 Å². The molecule has 0 spiro atoms.